The zero-order valence-electron chi connectivity index (χ0n) is 17.0. The molecule has 2 aromatic carbocycles. The van der Waals surface area contributed by atoms with Crippen molar-refractivity contribution >= 4 is 37.5 Å². The highest BCUT2D eigenvalue weighted by Gasteiger charge is 2.20. The molecule has 9 heteroatoms. The van der Waals surface area contributed by atoms with E-state index < -0.39 is 10.0 Å². The lowest BCUT2D eigenvalue weighted by Crippen LogP contribution is -2.32. The van der Waals surface area contributed by atoms with Crippen LogP contribution in [0.2, 0.25) is 0 Å². The average molecular weight is 460 g/mol. The molecule has 0 aliphatic carbocycles. The van der Waals surface area contributed by atoms with E-state index in [1.807, 2.05) is 18.2 Å². The van der Waals surface area contributed by atoms with Crippen LogP contribution in [0.5, 0.6) is 0 Å². The van der Waals surface area contributed by atoms with E-state index in [4.69, 9.17) is 4.74 Å². The van der Waals surface area contributed by atoms with Crippen molar-refractivity contribution in [1.29, 1.82) is 0 Å². The third-order valence-electron chi connectivity index (χ3n) is 5.14. The predicted molar refractivity (Wildman–Crippen MR) is 121 cm³/mol. The molecule has 0 bridgehead atoms. The van der Waals surface area contributed by atoms with Crippen molar-refractivity contribution in [2.45, 2.75) is 36.7 Å². The molecule has 1 amide bonds. The third kappa shape index (κ3) is 5.68. The Kier molecular flexibility index (Phi) is 6.96. The number of sulfonamides is 1. The number of hydrogen-bond donors (Lipinski definition) is 2. The van der Waals surface area contributed by atoms with Gasteiger partial charge in [-0.3, -0.25) is 4.79 Å². The zero-order chi connectivity index (χ0) is 21.7. The third-order valence-corrected chi connectivity index (χ3v) is 7.68. The predicted octanol–water partition coefficient (Wildman–Crippen LogP) is 3.12. The van der Waals surface area contributed by atoms with E-state index in [9.17, 15) is 13.2 Å². The topological polar surface area (TPSA) is 97.4 Å². The molecule has 1 aliphatic rings. The number of para-hydroxylation sites is 1. The summed E-state index contributed by atoms with van der Waals surface area (Å²) in [6.07, 6.45) is 3.33. The van der Waals surface area contributed by atoms with Crippen molar-refractivity contribution in [3.63, 3.8) is 0 Å². The van der Waals surface area contributed by atoms with Crippen LogP contribution in [0.4, 0.5) is 0 Å². The lowest BCUT2D eigenvalue weighted by molar-refractivity contribution is 0.0953. The van der Waals surface area contributed by atoms with E-state index in [1.54, 1.807) is 11.3 Å². The smallest absolute Gasteiger partial charge is 0.251 e. The van der Waals surface area contributed by atoms with E-state index in [-0.39, 0.29) is 23.5 Å². The minimum Gasteiger partial charge on any atom is -0.377 e. The fourth-order valence-corrected chi connectivity index (χ4v) is 5.52. The van der Waals surface area contributed by atoms with Gasteiger partial charge >= 0.3 is 0 Å². The summed E-state index contributed by atoms with van der Waals surface area (Å²) >= 11 is 1.67. The van der Waals surface area contributed by atoms with Crippen molar-refractivity contribution in [1.82, 2.24) is 15.0 Å². The Morgan fingerprint density at radius 2 is 1.97 bits per heavy atom. The van der Waals surface area contributed by atoms with E-state index in [2.05, 4.69) is 21.1 Å². The van der Waals surface area contributed by atoms with Crippen LogP contribution in [0.15, 0.2) is 53.4 Å². The van der Waals surface area contributed by atoms with Crippen LogP contribution in [0.3, 0.4) is 0 Å². The standard InChI is InChI=1S/C22H25N3O4S2/c26-22(23-13-3-8-21-25-19-6-1-2-7-20(19)30-21)16-9-11-18(12-10-16)31(27,28)24-15-17-5-4-14-29-17/h1-2,6-7,9-12,17,24H,3-5,8,13-15H2,(H,23,26). The van der Waals surface area contributed by atoms with Gasteiger partial charge in [0.05, 0.1) is 26.2 Å². The first-order valence-corrected chi connectivity index (χ1v) is 12.7. The molecule has 1 unspecified atom stereocenters. The minimum absolute atomic E-state index is 0.0670. The van der Waals surface area contributed by atoms with Crippen molar-refractivity contribution in [3.05, 3.63) is 59.1 Å². The quantitative estimate of drug-likeness (QED) is 0.479. The van der Waals surface area contributed by atoms with Crippen LogP contribution in [0.25, 0.3) is 10.2 Å². The Hall–Kier alpha value is -2.33. The molecule has 1 aliphatic heterocycles. The summed E-state index contributed by atoms with van der Waals surface area (Å²) in [5.74, 6) is -0.222. The highest BCUT2D eigenvalue weighted by atomic mass is 32.2. The summed E-state index contributed by atoms with van der Waals surface area (Å²) in [6.45, 7) is 1.47. The maximum absolute atomic E-state index is 12.4. The van der Waals surface area contributed by atoms with Gasteiger partial charge in [0.1, 0.15) is 0 Å². The first-order valence-electron chi connectivity index (χ1n) is 10.4. The summed E-state index contributed by atoms with van der Waals surface area (Å²) < 4.78 is 34.0. The molecule has 3 aromatic rings. The van der Waals surface area contributed by atoms with Crippen molar-refractivity contribution in [2.24, 2.45) is 0 Å². The second-order valence-electron chi connectivity index (χ2n) is 7.45. The summed E-state index contributed by atoms with van der Waals surface area (Å²) in [5, 5.41) is 3.94. The van der Waals surface area contributed by atoms with E-state index >= 15 is 0 Å². The SMILES string of the molecule is O=C(NCCCc1nc2ccccc2s1)c1ccc(S(=O)(=O)NCC2CCCO2)cc1. The number of aryl methyl sites for hydroxylation is 1. The maximum Gasteiger partial charge on any atom is 0.251 e. The summed E-state index contributed by atoms with van der Waals surface area (Å²) in [7, 11) is -3.62. The molecular weight excluding hydrogens is 434 g/mol. The Morgan fingerprint density at radius 3 is 2.71 bits per heavy atom. The number of nitrogens with zero attached hydrogens (tertiary/aromatic N) is 1. The van der Waals surface area contributed by atoms with Gasteiger partial charge in [-0.15, -0.1) is 11.3 Å². The number of hydrogen-bond acceptors (Lipinski definition) is 6. The Balaban J connectivity index is 1.24. The molecule has 4 rings (SSSR count). The van der Waals surface area contributed by atoms with Crippen LogP contribution < -0.4 is 10.0 Å². The lowest BCUT2D eigenvalue weighted by atomic mass is 10.2. The number of fused-ring (bicyclic) bond motifs is 1. The largest absolute Gasteiger partial charge is 0.377 e. The zero-order valence-corrected chi connectivity index (χ0v) is 18.7. The molecule has 2 heterocycles. The molecule has 1 atom stereocenters. The second-order valence-corrected chi connectivity index (χ2v) is 10.3. The number of ether oxygens (including phenoxy) is 1. The van der Waals surface area contributed by atoms with Gasteiger partial charge in [0.2, 0.25) is 10.0 Å². The monoisotopic (exact) mass is 459 g/mol. The molecule has 0 spiro atoms. The number of rotatable bonds is 9. The van der Waals surface area contributed by atoms with Gasteiger partial charge in [-0.1, -0.05) is 12.1 Å². The number of carbonyl (C=O) groups excluding carboxylic acids is 1. The fourth-order valence-electron chi connectivity index (χ4n) is 3.45. The molecular formula is C22H25N3O4S2. The number of benzene rings is 2. The Morgan fingerprint density at radius 1 is 1.16 bits per heavy atom. The first kappa shape index (κ1) is 21.9. The summed E-state index contributed by atoms with van der Waals surface area (Å²) in [5.41, 5.74) is 1.44. The molecule has 0 saturated carbocycles. The molecule has 1 saturated heterocycles. The summed E-state index contributed by atoms with van der Waals surface area (Å²) in [4.78, 5) is 17.1. The molecule has 1 aromatic heterocycles. The van der Waals surface area contributed by atoms with Crippen molar-refractivity contribution < 1.29 is 17.9 Å². The Labute approximate surface area is 185 Å². The number of nitrogens with one attached hydrogen (secondary N) is 2. The van der Waals surface area contributed by atoms with Gasteiger partial charge < -0.3 is 10.1 Å². The maximum atomic E-state index is 12.4. The van der Waals surface area contributed by atoms with Gasteiger partial charge in [0.15, 0.2) is 0 Å². The second kappa shape index (κ2) is 9.86. The van der Waals surface area contributed by atoms with Crippen LogP contribution in [0, 0.1) is 0 Å². The number of aromatic nitrogens is 1. The first-order chi connectivity index (χ1) is 15.0. The molecule has 31 heavy (non-hydrogen) atoms. The summed E-state index contributed by atoms with van der Waals surface area (Å²) in [6, 6.07) is 14.0. The van der Waals surface area contributed by atoms with Crippen LogP contribution in [-0.2, 0) is 21.2 Å². The molecule has 164 valence electrons. The lowest BCUT2D eigenvalue weighted by Gasteiger charge is -2.11. The van der Waals surface area contributed by atoms with E-state index in [0.29, 0.717) is 18.7 Å². The number of amides is 1. The highest BCUT2D eigenvalue weighted by molar-refractivity contribution is 7.89. The van der Waals surface area contributed by atoms with Gasteiger partial charge in [-0.2, -0.15) is 0 Å². The van der Waals surface area contributed by atoms with Crippen LogP contribution >= 0.6 is 11.3 Å². The molecule has 0 radical (unpaired) electrons. The minimum atomic E-state index is -3.62. The van der Waals surface area contributed by atoms with E-state index in [0.717, 1.165) is 36.2 Å². The van der Waals surface area contributed by atoms with Crippen molar-refractivity contribution in [3.8, 4) is 0 Å². The van der Waals surface area contributed by atoms with Gasteiger partial charge in [-0.25, -0.2) is 18.1 Å². The number of carbonyl (C=O) groups is 1. The van der Waals surface area contributed by atoms with Crippen LogP contribution in [0.1, 0.15) is 34.6 Å². The van der Waals surface area contributed by atoms with Gasteiger partial charge in [-0.05, 0) is 55.7 Å². The molecule has 7 nitrogen and oxygen atoms in total. The normalized spacial score (nSPS) is 16.6. The molecule has 1 fully saturated rings. The van der Waals surface area contributed by atoms with Gasteiger partial charge in [0, 0.05) is 31.7 Å². The van der Waals surface area contributed by atoms with Gasteiger partial charge in [0.25, 0.3) is 5.91 Å². The van der Waals surface area contributed by atoms with Crippen LogP contribution in [-0.4, -0.2) is 45.1 Å². The Bertz CT molecular complexity index is 1100. The van der Waals surface area contributed by atoms with E-state index in [1.165, 1.54) is 29.0 Å². The average Bonchev–Trinajstić information content (AvgIpc) is 3.44. The number of thiazole rings is 1. The fraction of sp³-hybridized carbons (Fsp3) is 0.364. The molecule has 2 N–H and O–H groups in total. The highest BCUT2D eigenvalue weighted by Crippen LogP contribution is 2.22. The van der Waals surface area contributed by atoms with Crippen molar-refractivity contribution in [2.75, 3.05) is 19.7 Å².